The Hall–Kier alpha value is -0.700. The van der Waals surface area contributed by atoms with Crippen LogP contribution in [0.2, 0.25) is 0 Å². The van der Waals surface area contributed by atoms with Gasteiger partial charge < -0.3 is 5.32 Å². The van der Waals surface area contributed by atoms with E-state index in [4.69, 9.17) is 0 Å². The Bertz CT molecular complexity index is 274. The number of nitrogens with zero attached hydrogens (tertiary/aromatic N) is 1. The maximum absolute atomic E-state index is 4.50. The van der Waals surface area contributed by atoms with E-state index in [0.717, 1.165) is 23.8 Å². The molecule has 2 nitrogen and oxygen atoms in total. The minimum atomic E-state index is 0.587. The minimum absolute atomic E-state index is 0.587. The summed E-state index contributed by atoms with van der Waals surface area (Å²) in [5.41, 5.74) is 0. The standard InChI is InChI=1S/C11H18N2S/c1-4-8-12-10-6-5-7-11(13-10)14-9(2)3/h5-7,9H,4,8H2,1-3H3,(H,12,13). The molecule has 0 aliphatic rings. The number of rotatable bonds is 5. The highest BCUT2D eigenvalue weighted by atomic mass is 32.2. The number of aromatic nitrogens is 1. The summed E-state index contributed by atoms with van der Waals surface area (Å²) in [5.74, 6) is 0.984. The monoisotopic (exact) mass is 210 g/mol. The van der Waals surface area contributed by atoms with Crippen LogP contribution in [-0.4, -0.2) is 16.8 Å². The molecule has 1 rings (SSSR count). The third-order valence-electron chi connectivity index (χ3n) is 1.64. The van der Waals surface area contributed by atoms with Crippen LogP contribution < -0.4 is 5.32 Å². The summed E-state index contributed by atoms with van der Waals surface area (Å²) in [6, 6.07) is 6.12. The lowest BCUT2D eigenvalue weighted by Crippen LogP contribution is -2.02. The Morgan fingerprint density at radius 2 is 2.21 bits per heavy atom. The predicted molar refractivity (Wildman–Crippen MR) is 64.0 cm³/mol. The van der Waals surface area contributed by atoms with Crippen LogP contribution in [0.25, 0.3) is 0 Å². The van der Waals surface area contributed by atoms with Gasteiger partial charge >= 0.3 is 0 Å². The highest BCUT2D eigenvalue weighted by Gasteiger charge is 2.00. The quantitative estimate of drug-likeness (QED) is 0.754. The normalized spacial score (nSPS) is 10.6. The predicted octanol–water partition coefficient (Wildman–Crippen LogP) is 3.40. The highest BCUT2D eigenvalue weighted by molar-refractivity contribution is 7.99. The van der Waals surface area contributed by atoms with Gasteiger partial charge in [-0.2, -0.15) is 0 Å². The SMILES string of the molecule is CCCNc1cccc(SC(C)C)n1. The van der Waals surface area contributed by atoms with Crippen LogP contribution in [-0.2, 0) is 0 Å². The molecule has 0 fully saturated rings. The molecule has 3 heteroatoms. The second-order valence-electron chi connectivity index (χ2n) is 3.45. The summed E-state index contributed by atoms with van der Waals surface area (Å²) in [6.07, 6.45) is 1.13. The molecule has 1 aromatic heterocycles. The van der Waals surface area contributed by atoms with Crippen molar-refractivity contribution in [3.8, 4) is 0 Å². The maximum Gasteiger partial charge on any atom is 0.127 e. The zero-order valence-electron chi connectivity index (χ0n) is 9.08. The van der Waals surface area contributed by atoms with Crippen molar-refractivity contribution in [2.24, 2.45) is 0 Å². The van der Waals surface area contributed by atoms with Crippen LogP contribution in [0.3, 0.4) is 0 Å². The minimum Gasteiger partial charge on any atom is -0.370 e. The lowest BCUT2D eigenvalue weighted by atomic mass is 10.4. The van der Waals surface area contributed by atoms with Crippen LogP contribution >= 0.6 is 11.8 Å². The molecule has 1 heterocycles. The first-order valence-corrected chi connectivity index (χ1v) is 5.98. The van der Waals surface area contributed by atoms with E-state index in [1.807, 2.05) is 6.07 Å². The van der Waals surface area contributed by atoms with Crippen molar-refractivity contribution in [2.45, 2.75) is 37.5 Å². The summed E-state index contributed by atoms with van der Waals surface area (Å²) >= 11 is 1.79. The Kier molecular flexibility index (Phi) is 4.80. The fraction of sp³-hybridized carbons (Fsp3) is 0.545. The van der Waals surface area contributed by atoms with Crippen molar-refractivity contribution in [3.05, 3.63) is 18.2 Å². The molecule has 0 saturated heterocycles. The van der Waals surface area contributed by atoms with Crippen molar-refractivity contribution < 1.29 is 0 Å². The fourth-order valence-corrected chi connectivity index (χ4v) is 1.86. The molecule has 1 N–H and O–H groups in total. The molecule has 14 heavy (non-hydrogen) atoms. The molecule has 0 aliphatic heterocycles. The van der Waals surface area contributed by atoms with Crippen molar-refractivity contribution in [1.29, 1.82) is 0 Å². The smallest absolute Gasteiger partial charge is 0.127 e. The fourth-order valence-electron chi connectivity index (χ4n) is 1.07. The van der Waals surface area contributed by atoms with Gasteiger partial charge in [0.2, 0.25) is 0 Å². The largest absolute Gasteiger partial charge is 0.370 e. The van der Waals surface area contributed by atoms with E-state index in [0.29, 0.717) is 5.25 Å². The van der Waals surface area contributed by atoms with Gasteiger partial charge in [0.05, 0.1) is 5.03 Å². The number of pyridine rings is 1. The van der Waals surface area contributed by atoms with E-state index in [1.54, 1.807) is 11.8 Å². The molecule has 78 valence electrons. The Morgan fingerprint density at radius 1 is 1.43 bits per heavy atom. The second-order valence-corrected chi connectivity index (χ2v) is 5.05. The van der Waals surface area contributed by atoms with E-state index >= 15 is 0 Å². The Balaban J connectivity index is 2.59. The van der Waals surface area contributed by atoms with Gasteiger partial charge in [-0.05, 0) is 18.6 Å². The summed E-state index contributed by atoms with van der Waals surface area (Å²) < 4.78 is 0. The van der Waals surface area contributed by atoms with E-state index in [-0.39, 0.29) is 0 Å². The van der Waals surface area contributed by atoms with E-state index in [2.05, 4.69) is 43.2 Å². The highest BCUT2D eigenvalue weighted by Crippen LogP contribution is 2.21. The van der Waals surface area contributed by atoms with Crippen LogP contribution in [0.1, 0.15) is 27.2 Å². The topological polar surface area (TPSA) is 24.9 Å². The van der Waals surface area contributed by atoms with Gasteiger partial charge in [0.1, 0.15) is 5.82 Å². The molecule has 0 saturated carbocycles. The summed E-state index contributed by atoms with van der Waals surface area (Å²) in [5, 5.41) is 4.97. The Morgan fingerprint density at radius 3 is 2.86 bits per heavy atom. The maximum atomic E-state index is 4.50. The number of thioether (sulfide) groups is 1. The van der Waals surface area contributed by atoms with Gasteiger partial charge in [-0.25, -0.2) is 4.98 Å². The van der Waals surface area contributed by atoms with Gasteiger partial charge in [0.15, 0.2) is 0 Å². The molecular weight excluding hydrogens is 192 g/mol. The van der Waals surface area contributed by atoms with Crippen LogP contribution in [0, 0.1) is 0 Å². The Labute approximate surface area is 90.5 Å². The number of anilines is 1. The van der Waals surface area contributed by atoms with Crippen molar-refractivity contribution in [2.75, 3.05) is 11.9 Å². The zero-order chi connectivity index (χ0) is 10.4. The van der Waals surface area contributed by atoms with E-state index in [9.17, 15) is 0 Å². The zero-order valence-corrected chi connectivity index (χ0v) is 9.90. The molecule has 0 spiro atoms. The molecule has 0 aliphatic carbocycles. The van der Waals surface area contributed by atoms with E-state index in [1.165, 1.54) is 0 Å². The first kappa shape index (κ1) is 11.4. The van der Waals surface area contributed by atoms with Crippen molar-refractivity contribution in [1.82, 2.24) is 4.98 Å². The average Bonchev–Trinajstić information content (AvgIpc) is 2.14. The summed E-state index contributed by atoms with van der Waals surface area (Å²) in [7, 11) is 0. The van der Waals surface area contributed by atoms with Gasteiger partial charge in [-0.15, -0.1) is 11.8 Å². The molecule has 1 aromatic rings. The molecule has 0 unspecified atom stereocenters. The van der Waals surface area contributed by atoms with Gasteiger partial charge in [-0.3, -0.25) is 0 Å². The third kappa shape index (κ3) is 4.01. The molecule has 0 radical (unpaired) electrons. The number of hydrogen-bond donors (Lipinski definition) is 1. The van der Waals surface area contributed by atoms with Crippen LogP contribution in [0.15, 0.2) is 23.2 Å². The van der Waals surface area contributed by atoms with Gasteiger partial charge in [0, 0.05) is 11.8 Å². The molecule has 0 amide bonds. The number of hydrogen-bond acceptors (Lipinski definition) is 3. The average molecular weight is 210 g/mol. The molecule has 0 bridgehead atoms. The first-order chi connectivity index (χ1) is 6.72. The third-order valence-corrected chi connectivity index (χ3v) is 2.58. The lowest BCUT2D eigenvalue weighted by Gasteiger charge is -2.07. The van der Waals surface area contributed by atoms with Crippen molar-refractivity contribution in [3.63, 3.8) is 0 Å². The lowest BCUT2D eigenvalue weighted by molar-refractivity contribution is 0.958. The first-order valence-electron chi connectivity index (χ1n) is 5.10. The van der Waals surface area contributed by atoms with Crippen LogP contribution in [0.4, 0.5) is 5.82 Å². The van der Waals surface area contributed by atoms with Gasteiger partial charge in [-0.1, -0.05) is 26.8 Å². The summed E-state index contributed by atoms with van der Waals surface area (Å²) in [6.45, 7) is 7.50. The van der Waals surface area contributed by atoms with Gasteiger partial charge in [0.25, 0.3) is 0 Å². The molecular formula is C11H18N2S. The summed E-state index contributed by atoms with van der Waals surface area (Å²) in [4.78, 5) is 4.50. The number of nitrogens with one attached hydrogen (secondary N) is 1. The molecule has 0 atom stereocenters. The molecule has 0 aromatic carbocycles. The van der Waals surface area contributed by atoms with Crippen LogP contribution in [0.5, 0.6) is 0 Å². The second kappa shape index (κ2) is 5.91. The van der Waals surface area contributed by atoms with Crippen molar-refractivity contribution >= 4 is 17.6 Å². The van der Waals surface area contributed by atoms with E-state index < -0.39 is 0 Å².